The molecule has 0 aliphatic heterocycles. The van der Waals surface area contributed by atoms with Crippen molar-refractivity contribution in [3.63, 3.8) is 0 Å². The van der Waals surface area contributed by atoms with Gasteiger partial charge in [0.1, 0.15) is 22.2 Å². The summed E-state index contributed by atoms with van der Waals surface area (Å²) in [5.74, 6) is 1.72. The smallest absolute Gasteiger partial charge is 0.139 e. The van der Waals surface area contributed by atoms with Crippen molar-refractivity contribution < 1.29 is 10.2 Å². The van der Waals surface area contributed by atoms with Crippen LogP contribution in [0.3, 0.4) is 0 Å². The van der Waals surface area contributed by atoms with Crippen LogP contribution in [0.1, 0.15) is 17.0 Å². The van der Waals surface area contributed by atoms with Crippen LogP contribution in [0.15, 0.2) is 29.6 Å². The second kappa shape index (κ2) is 6.52. The first kappa shape index (κ1) is 15.7. The molecule has 0 aliphatic carbocycles. The van der Waals surface area contributed by atoms with E-state index in [1.54, 1.807) is 23.5 Å². The van der Waals surface area contributed by atoms with E-state index < -0.39 is 0 Å². The van der Waals surface area contributed by atoms with E-state index in [0.717, 1.165) is 27.2 Å². The van der Waals surface area contributed by atoms with Gasteiger partial charge in [0.25, 0.3) is 0 Å². The van der Waals surface area contributed by atoms with Gasteiger partial charge in [-0.05, 0) is 48.9 Å². The number of fused-ring (bicyclic) bond motifs is 1. The predicted octanol–water partition coefficient (Wildman–Crippen LogP) is 3.03. The summed E-state index contributed by atoms with van der Waals surface area (Å²) in [5, 5.41) is 25.5. The summed E-state index contributed by atoms with van der Waals surface area (Å²) < 4.78 is 0. The van der Waals surface area contributed by atoms with E-state index in [0.29, 0.717) is 12.2 Å². The quantitative estimate of drug-likeness (QED) is 0.670. The van der Waals surface area contributed by atoms with Gasteiger partial charge in [0.15, 0.2) is 0 Å². The highest BCUT2D eigenvalue weighted by molar-refractivity contribution is 7.17. The minimum absolute atomic E-state index is 0.00535. The number of hydrogen-bond donors (Lipinski definition) is 3. The van der Waals surface area contributed by atoms with Gasteiger partial charge >= 0.3 is 0 Å². The second-order valence-electron chi connectivity index (χ2n) is 5.61. The zero-order valence-corrected chi connectivity index (χ0v) is 13.9. The van der Waals surface area contributed by atoms with Crippen LogP contribution in [-0.2, 0) is 6.42 Å². The van der Waals surface area contributed by atoms with Crippen LogP contribution in [0.5, 0.6) is 5.75 Å². The zero-order chi connectivity index (χ0) is 16.4. The number of nitrogens with one attached hydrogen (secondary N) is 1. The van der Waals surface area contributed by atoms with Crippen molar-refractivity contribution in [2.75, 3.05) is 11.9 Å². The Hall–Kier alpha value is -2.18. The molecule has 0 spiro atoms. The van der Waals surface area contributed by atoms with Crippen LogP contribution in [0.2, 0.25) is 0 Å². The molecule has 2 aromatic heterocycles. The number of anilines is 1. The van der Waals surface area contributed by atoms with Crippen molar-refractivity contribution in [3.8, 4) is 5.75 Å². The number of aryl methyl sites for hydroxylation is 2. The Morgan fingerprint density at radius 3 is 2.61 bits per heavy atom. The van der Waals surface area contributed by atoms with E-state index in [4.69, 9.17) is 0 Å². The standard InChI is InChI=1S/C17H19N3O2S/c1-10-9-23-17-15(10)16(18-11(2)19-17)20-13(8-21)7-12-3-5-14(22)6-4-12/h3-6,9,13,21-22H,7-8H2,1-2H3,(H,18,19,20)/t13-/m0/s1. The summed E-state index contributed by atoms with van der Waals surface area (Å²) in [6, 6.07) is 6.86. The van der Waals surface area contributed by atoms with Crippen molar-refractivity contribution in [2.24, 2.45) is 0 Å². The average molecular weight is 329 g/mol. The van der Waals surface area contributed by atoms with Crippen molar-refractivity contribution in [1.82, 2.24) is 9.97 Å². The van der Waals surface area contributed by atoms with Gasteiger partial charge in [-0.2, -0.15) is 0 Å². The highest BCUT2D eigenvalue weighted by Crippen LogP contribution is 2.29. The molecule has 3 N–H and O–H groups in total. The summed E-state index contributed by atoms with van der Waals surface area (Å²) in [6.07, 6.45) is 0.643. The van der Waals surface area contributed by atoms with E-state index in [-0.39, 0.29) is 18.4 Å². The van der Waals surface area contributed by atoms with Gasteiger partial charge < -0.3 is 15.5 Å². The van der Waals surface area contributed by atoms with Gasteiger partial charge in [-0.3, -0.25) is 0 Å². The van der Waals surface area contributed by atoms with Crippen molar-refractivity contribution >= 4 is 27.4 Å². The number of phenolic OH excluding ortho intramolecular Hbond substituents is 1. The number of hydrogen-bond acceptors (Lipinski definition) is 6. The average Bonchev–Trinajstić information content (AvgIpc) is 2.89. The molecule has 0 saturated heterocycles. The van der Waals surface area contributed by atoms with Gasteiger partial charge in [0.05, 0.1) is 18.0 Å². The lowest BCUT2D eigenvalue weighted by Gasteiger charge is -2.18. The minimum Gasteiger partial charge on any atom is -0.508 e. The summed E-state index contributed by atoms with van der Waals surface area (Å²) in [5.41, 5.74) is 2.17. The highest BCUT2D eigenvalue weighted by Gasteiger charge is 2.15. The van der Waals surface area contributed by atoms with Crippen LogP contribution in [0.25, 0.3) is 10.2 Å². The number of aromatic hydroxyl groups is 1. The molecule has 3 rings (SSSR count). The van der Waals surface area contributed by atoms with E-state index in [9.17, 15) is 10.2 Å². The molecular formula is C17H19N3O2S. The van der Waals surface area contributed by atoms with Crippen LogP contribution in [0.4, 0.5) is 5.82 Å². The first-order valence-electron chi connectivity index (χ1n) is 7.44. The predicted molar refractivity (Wildman–Crippen MR) is 93.2 cm³/mol. The second-order valence-corrected chi connectivity index (χ2v) is 6.47. The van der Waals surface area contributed by atoms with E-state index in [1.807, 2.05) is 26.0 Å². The molecule has 0 bridgehead atoms. The van der Waals surface area contributed by atoms with Gasteiger partial charge in [0, 0.05) is 0 Å². The first-order valence-corrected chi connectivity index (χ1v) is 8.32. The summed E-state index contributed by atoms with van der Waals surface area (Å²) in [4.78, 5) is 9.93. The first-order chi connectivity index (χ1) is 11.1. The number of aromatic nitrogens is 2. The maximum atomic E-state index is 9.71. The van der Waals surface area contributed by atoms with Crippen LogP contribution >= 0.6 is 11.3 Å². The molecule has 2 heterocycles. The minimum atomic E-state index is -0.156. The van der Waals surface area contributed by atoms with Crippen molar-refractivity contribution in [2.45, 2.75) is 26.3 Å². The number of aliphatic hydroxyl groups excluding tert-OH is 1. The zero-order valence-electron chi connectivity index (χ0n) is 13.1. The fourth-order valence-corrected chi connectivity index (χ4v) is 3.53. The molecule has 3 aromatic rings. The molecule has 5 nitrogen and oxygen atoms in total. The van der Waals surface area contributed by atoms with E-state index in [2.05, 4.69) is 20.7 Å². The Kier molecular flexibility index (Phi) is 4.45. The lowest BCUT2D eigenvalue weighted by molar-refractivity contribution is 0.273. The highest BCUT2D eigenvalue weighted by atomic mass is 32.1. The molecular weight excluding hydrogens is 310 g/mol. The third kappa shape index (κ3) is 3.43. The van der Waals surface area contributed by atoms with Gasteiger partial charge in [-0.1, -0.05) is 12.1 Å². The Morgan fingerprint density at radius 1 is 1.17 bits per heavy atom. The Bertz CT molecular complexity index is 815. The number of phenols is 1. The molecule has 0 radical (unpaired) electrons. The molecule has 23 heavy (non-hydrogen) atoms. The van der Waals surface area contributed by atoms with Gasteiger partial charge in [-0.15, -0.1) is 11.3 Å². The molecule has 0 amide bonds. The number of aliphatic hydroxyl groups is 1. The normalized spacial score (nSPS) is 12.5. The van der Waals surface area contributed by atoms with Gasteiger partial charge in [0.2, 0.25) is 0 Å². The fourth-order valence-electron chi connectivity index (χ4n) is 2.57. The molecule has 120 valence electrons. The SMILES string of the molecule is Cc1nc(N[C@H](CO)Cc2ccc(O)cc2)c2c(C)csc2n1. The number of rotatable bonds is 5. The molecule has 1 atom stereocenters. The van der Waals surface area contributed by atoms with Crippen molar-refractivity contribution in [3.05, 3.63) is 46.6 Å². The lowest BCUT2D eigenvalue weighted by Crippen LogP contribution is -2.27. The maximum Gasteiger partial charge on any atom is 0.139 e. The van der Waals surface area contributed by atoms with Gasteiger partial charge in [-0.25, -0.2) is 9.97 Å². The Morgan fingerprint density at radius 2 is 1.91 bits per heavy atom. The molecule has 6 heteroatoms. The van der Waals surface area contributed by atoms with Crippen molar-refractivity contribution in [1.29, 1.82) is 0 Å². The lowest BCUT2D eigenvalue weighted by atomic mass is 10.1. The number of benzene rings is 1. The van der Waals surface area contributed by atoms with E-state index in [1.165, 1.54) is 0 Å². The maximum absolute atomic E-state index is 9.71. The van der Waals surface area contributed by atoms with Crippen LogP contribution < -0.4 is 5.32 Å². The number of nitrogens with zero attached hydrogens (tertiary/aromatic N) is 2. The molecule has 0 unspecified atom stereocenters. The molecule has 1 aromatic carbocycles. The van der Waals surface area contributed by atoms with E-state index >= 15 is 0 Å². The summed E-state index contributed by atoms with van der Waals surface area (Å²) >= 11 is 1.60. The summed E-state index contributed by atoms with van der Waals surface area (Å²) in [7, 11) is 0. The van der Waals surface area contributed by atoms with Crippen LogP contribution in [-0.4, -0.2) is 32.8 Å². The number of thiophene rings is 1. The molecule has 0 fully saturated rings. The fraction of sp³-hybridized carbons (Fsp3) is 0.294. The topological polar surface area (TPSA) is 78.3 Å². The Balaban J connectivity index is 1.86. The third-order valence-electron chi connectivity index (χ3n) is 3.71. The third-order valence-corrected chi connectivity index (χ3v) is 4.70. The van der Waals surface area contributed by atoms with Crippen LogP contribution in [0, 0.1) is 13.8 Å². The Labute approximate surface area is 138 Å². The molecule has 0 saturated carbocycles. The summed E-state index contributed by atoms with van der Waals surface area (Å²) in [6.45, 7) is 3.90. The monoisotopic (exact) mass is 329 g/mol. The molecule has 0 aliphatic rings. The largest absolute Gasteiger partial charge is 0.508 e.